The van der Waals surface area contributed by atoms with E-state index in [1.165, 1.54) is 31.0 Å². The van der Waals surface area contributed by atoms with Crippen LogP contribution in [0.4, 0.5) is 20.7 Å². The molecule has 0 radical (unpaired) electrons. The van der Waals surface area contributed by atoms with Gasteiger partial charge < -0.3 is 15.5 Å². The van der Waals surface area contributed by atoms with Gasteiger partial charge in [0.15, 0.2) is 0 Å². The highest BCUT2D eigenvalue weighted by atomic mass is 19.1. The summed E-state index contributed by atoms with van der Waals surface area (Å²) in [5.74, 6) is 1.07. The van der Waals surface area contributed by atoms with Gasteiger partial charge in [0.05, 0.1) is 6.54 Å². The third kappa shape index (κ3) is 4.18. The van der Waals surface area contributed by atoms with Crippen LogP contribution in [-0.4, -0.2) is 29.1 Å². The lowest BCUT2D eigenvalue weighted by Gasteiger charge is -2.17. The number of nitrogens with one attached hydrogen (secondary N) is 2. The highest BCUT2D eigenvalue weighted by Crippen LogP contribution is 2.18. The quantitative estimate of drug-likeness (QED) is 0.905. The number of anilines is 2. The van der Waals surface area contributed by atoms with E-state index in [-0.39, 0.29) is 6.54 Å². The van der Waals surface area contributed by atoms with E-state index < -0.39 is 11.8 Å². The molecule has 7 heteroatoms. The summed E-state index contributed by atoms with van der Waals surface area (Å²) < 4.78 is 13.1. The molecule has 1 aliphatic rings. The van der Waals surface area contributed by atoms with Crippen LogP contribution in [0.1, 0.15) is 24.4 Å². The predicted molar refractivity (Wildman–Crippen MR) is 90.5 cm³/mol. The van der Waals surface area contributed by atoms with Gasteiger partial charge in [-0.2, -0.15) is 0 Å². The minimum Gasteiger partial charge on any atom is -0.357 e. The van der Waals surface area contributed by atoms with Gasteiger partial charge in [-0.1, -0.05) is 6.07 Å². The summed E-state index contributed by atoms with van der Waals surface area (Å²) in [6.07, 6.45) is 2.35. The van der Waals surface area contributed by atoms with E-state index in [1.807, 2.05) is 13.0 Å². The number of carbonyl (C=O) groups is 1. The molecule has 1 saturated heterocycles. The molecule has 0 atom stereocenters. The minimum absolute atomic E-state index is 0.212. The van der Waals surface area contributed by atoms with E-state index >= 15 is 0 Å². The molecule has 0 aliphatic carbocycles. The number of rotatable bonds is 4. The second kappa shape index (κ2) is 7.25. The number of urea groups is 1. The topological polar surface area (TPSA) is 70.2 Å². The Bertz CT molecular complexity index is 731. The fraction of sp³-hybridized carbons (Fsp3) is 0.353. The lowest BCUT2D eigenvalue weighted by Crippen LogP contribution is -2.29. The average molecular weight is 329 g/mol. The molecule has 1 aliphatic heterocycles. The minimum atomic E-state index is -0.423. The Kier molecular flexibility index (Phi) is 4.88. The second-order valence-electron chi connectivity index (χ2n) is 5.80. The van der Waals surface area contributed by atoms with Crippen LogP contribution >= 0.6 is 0 Å². The molecule has 0 unspecified atom stereocenters. The summed E-state index contributed by atoms with van der Waals surface area (Å²) in [4.78, 5) is 23.0. The van der Waals surface area contributed by atoms with Gasteiger partial charge in [0.1, 0.15) is 17.5 Å². The zero-order chi connectivity index (χ0) is 16.9. The highest BCUT2D eigenvalue weighted by Gasteiger charge is 2.15. The van der Waals surface area contributed by atoms with E-state index in [0.717, 1.165) is 24.6 Å². The first-order chi connectivity index (χ1) is 11.6. The lowest BCUT2D eigenvalue weighted by molar-refractivity contribution is 0.251. The molecule has 2 heterocycles. The maximum atomic E-state index is 13.1. The zero-order valence-electron chi connectivity index (χ0n) is 13.6. The molecule has 0 bridgehead atoms. The normalized spacial score (nSPS) is 13.8. The van der Waals surface area contributed by atoms with Crippen LogP contribution in [0.3, 0.4) is 0 Å². The van der Waals surface area contributed by atoms with Crippen molar-refractivity contribution in [1.29, 1.82) is 0 Å². The number of hydrogen-bond donors (Lipinski definition) is 2. The van der Waals surface area contributed by atoms with E-state index in [0.29, 0.717) is 11.5 Å². The second-order valence-corrected chi connectivity index (χ2v) is 5.80. The van der Waals surface area contributed by atoms with Crippen LogP contribution in [0.2, 0.25) is 0 Å². The Morgan fingerprint density at radius 1 is 1.25 bits per heavy atom. The number of carbonyl (C=O) groups excluding carboxylic acids is 1. The maximum absolute atomic E-state index is 13.1. The van der Waals surface area contributed by atoms with E-state index in [9.17, 15) is 9.18 Å². The lowest BCUT2D eigenvalue weighted by atomic mass is 10.3. The monoisotopic (exact) mass is 329 g/mol. The van der Waals surface area contributed by atoms with Crippen molar-refractivity contribution in [2.24, 2.45) is 0 Å². The summed E-state index contributed by atoms with van der Waals surface area (Å²) >= 11 is 0. The summed E-state index contributed by atoms with van der Waals surface area (Å²) in [6.45, 7) is 4.13. The first kappa shape index (κ1) is 16.2. The van der Waals surface area contributed by atoms with Crippen LogP contribution in [0.25, 0.3) is 0 Å². The molecule has 1 aromatic carbocycles. The smallest absolute Gasteiger partial charge is 0.319 e. The molecule has 2 aromatic rings. The van der Waals surface area contributed by atoms with Gasteiger partial charge in [0, 0.05) is 30.5 Å². The average Bonchev–Trinajstić information content (AvgIpc) is 3.07. The molecule has 126 valence electrons. The first-order valence-electron chi connectivity index (χ1n) is 8.00. The van der Waals surface area contributed by atoms with E-state index in [1.54, 1.807) is 6.07 Å². The number of nitrogens with zero attached hydrogens (tertiary/aromatic N) is 3. The van der Waals surface area contributed by atoms with Crippen LogP contribution in [-0.2, 0) is 6.54 Å². The predicted octanol–water partition coefficient (Wildman–Crippen LogP) is 2.85. The van der Waals surface area contributed by atoms with Crippen LogP contribution in [0, 0.1) is 12.7 Å². The third-order valence-electron chi connectivity index (χ3n) is 3.81. The van der Waals surface area contributed by atoms with Crippen molar-refractivity contribution in [3.05, 3.63) is 47.7 Å². The van der Waals surface area contributed by atoms with E-state index in [2.05, 4.69) is 25.5 Å². The number of benzene rings is 1. The van der Waals surface area contributed by atoms with Gasteiger partial charge in [-0.05, 0) is 38.0 Å². The maximum Gasteiger partial charge on any atom is 0.319 e. The Balaban J connectivity index is 1.60. The molecular weight excluding hydrogens is 309 g/mol. The SMILES string of the molecule is Cc1cc(N2CCCC2)nc(CNC(=O)Nc2cccc(F)c2)n1. The fourth-order valence-corrected chi connectivity index (χ4v) is 2.70. The van der Waals surface area contributed by atoms with Gasteiger partial charge in [-0.15, -0.1) is 0 Å². The number of aryl methyl sites for hydroxylation is 1. The molecule has 6 nitrogen and oxygen atoms in total. The summed E-state index contributed by atoms with van der Waals surface area (Å²) in [6, 6.07) is 7.28. The van der Waals surface area contributed by atoms with Crippen molar-refractivity contribution < 1.29 is 9.18 Å². The Morgan fingerprint density at radius 3 is 2.79 bits per heavy atom. The molecule has 2 amide bonds. The van der Waals surface area contributed by atoms with Crippen molar-refractivity contribution in [1.82, 2.24) is 15.3 Å². The largest absolute Gasteiger partial charge is 0.357 e. The van der Waals surface area contributed by atoms with Crippen LogP contribution in [0.5, 0.6) is 0 Å². The fourth-order valence-electron chi connectivity index (χ4n) is 2.70. The standard InChI is InChI=1S/C17H20FN5O/c1-12-9-16(23-7-2-3-8-23)22-15(20-12)11-19-17(24)21-14-6-4-5-13(18)10-14/h4-6,9-10H,2-3,7-8,11H2,1H3,(H2,19,21,24). The van der Waals surface area contributed by atoms with Gasteiger partial charge in [-0.3, -0.25) is 0 Å². The molecule has 1 fully saturated rings. The van der Waals surface area contributed by atoms with Gasteiger partial charge in [0.2, 0.25) is 0 Å². The van der Waals surface area contributed by atoms with Crippen molar-refractivity contribution >= 4 is 17.5 Å². The molecule has 1 aromatic heterocycles. The molecule has 3 rings (SSSR count). The number of halogens is 1. The molecule has 0 saturated carbocycles. The third-order valence-corrected chi connectivity index (χ3v) is 3.81. The van der Waals surface area contributed by atoms with Crippen molar-refractivity contribution in [3.63, 3.8) is 0 Å². The molecule has 0 spiro atoms. The van der Waals surface area contributed by atoms with E-state index in [4.69, 9.17) is 0 Å². The van der Waals surface area contributed by atoms with Gasteiger partial charge in [-0.25, -0.2) is 19.2 Å². The number of aromatic nitrogens is 2. The van der Waals surface area contributed by atoms with Gasteiger partial charge >= 0.3 is 6.03 Å². The van der Waals surface area contributed by atoms with Crippen molar-refractivity contribution in [2.75, 3.05) is 23.3 Å². The highest BCUT2D eigenvalue weighted by molar-refractivity contribution is 5.89. The number of hydrogen-bond acceptors (Lipinski definition) is 4. The summed E-state index contributed by atoms with van der Waals surface area (Å²) in [5.41, 5.74) is 1.27. The first-order valence-corrected chi connectivity index (χ1v) is 8.00. The summed E-state index contributed by atoms with van der Waals surface area (Å²) in [5, 5.41) is 5.28. The van der Waals surface area contributed by atoms with Crippen molar-refractivity contribution in [3.8, 4) is 0 Å². The van der Waals surface area contributed by atoms with Crippen LogP contribution in [0.15, 0.2) is 30.3 Å². The summed E-state index contributed by atoms with van der Waals surface area (Å²) in [7, 11) is 0. The van der Waals surface area contributed by atoms with Gasteiger partial charge in [0.25, 0.3) is 0 Å². The molecule has 24 heavy (non-hydrogen) atoms. The Labute approximate surface area is 140 Å². The Hall–Kier alpha value is -2.70. The van der Waals surface area contributed by atoms with Crippen molar-refractivity contribution in [2.45, 2.75) is 26.3 Å². The molecule has 2 N–H and O–H groups in total. The van der Waals surface area contributed by atoms with Crippen LogP contribution < -0.4 is 15.5 Å². The molecular formula is C17H20FN5O. The number of amides is 2. The zero-order valence-corrected chi connectivity index (χ0v) is 13.6. The Morgan fingerprint density at radius 2 is 2.04 bits per heavy atom.